The van der Waals surface area contributed by atoms with E-state index in [1.807, 2.05) is 37.3 Å². The van der Waals surface area contributed by atoms with Gasteiger partial charge in [-0.2, -0.15) is 0 Å². The molecule has 0 unspecified atom stereocenters. The molecular weight excluding hydrogens is 336 g/mol. The predicted molar refractivity (Wildman–Crippen MR) is 110 cm³/mol. The van der Waals surface area contributed by atoms with Gasteiger partial charge < -0.3 is 11.1 Å². The summed E-state index contributed by atoms with van der Waals surface area (Å²) < 4.78 is 0. The lowest BCUT2D eigenvalue weighted by atomic mass is 10.00. The minimum Gasteiger partial charge on any atom is -0.354 e. The number of nitrogens with one attached hydrogen (secondary N) is 1. The van der Waals surface area contributed by atoms with Crippen molar-refractivity contribution < 1.29 is 4.79 Å². The quantitative estimate of drug-likeness (QED) is 0.582. The fourth-order valence-corrected chi connectivity index (χ4v) is 3.23. The van der Waals surface area contributed by atoms with Crippen LogP contribution < -0.4 is 11.1 Å². The summed E-state index contributed by atoms with van der Waals surface area (Å²) in [7, 11) is 0. The summed E-state index contributed by atoms with van der Waals surface area (Å²) in [5.74, 6) is 0.324. The highest BCUT2D eigenvalue weighted by atomic mass is 16.1. The Kier molecular flexibility index (Phi) is 5.81. The van der Waals surface area contributed by atoms with Crippen LogP contribution in [0.4, 0.5) is 11.4 Å². The van der Waals surface area contributed by atoms with Crippen molar-refractivity contribution in [2.45, 2.75) is 46.1 Å². The molecule has 27 heavy (non-hydrogen) atoms. The third-order valence-corrected chi connectivity index (χ3v) is 4.64. The summed E-state index contributed by atoms with van der Waals surface area (Å²) in [4.78, 5) is 21.9. The zero-order chi connectivity index (χ0) is 19.4. The summed E-state index contributed by atoms with van der Waals surface area (Å²) in [6, 6.07) is 9.80. The normalized spacial score (nSPS) is 11.1. The maximum Gasteiger partial charge on any atom is 0.166 e. The number of benzene rings is 1. The first-order valence-electron chi connectivity index (χ1n) is 9.42. The molecular formula is C22H26N4O. The summed E-state index contributed by atoms with van der Waals surface area (Å²) in [5.41, 5.74) is 10.9. The molecule has 0 bridgehead atoms. The molecule has 2 heterocycles. The summed E-state index contributed by atoms with van der Waals surface area (Å²) in [5, 5.41) is 4.38. The molecule has 0 aliphatic rings. The number of carbonyl (C=O) groups excluding carboxylic acids is 1. The molecule has 140 valence electrons. The van der Waals surface area contributed by atoms with Gasteiger partial charge in [-0.3, -0.25) is 14.8 Å². The van der Waals surface area contributed by atoms with E-state index in [0.29, 0.717) is 18.5 Å². The van der Waals surface area contributed by atoms with Crippen molar-refractivity contribution in [3.05, 3.63) is 59.5 Å². The van der Waals surface area contributed by atoms with Crippen LogP contribution in [0.1, 0.15) is 61.1 Å². The number of nitrogens with two attached hydrogens (primary N) is 1. The molecule has 0 spiro atoms. The van der Waals surface area contributed by atoms with Gasteiger partial charge in [-0.25, -0.2) is 0 Å². The van der Waals surface area contributed by atoms with Crippen molar-refractivity contribution in [2.75, 3.05) is 5.32 Å². The molecule has 5 heteroatoms. The highest BCUT2D eigenvalue weighted by molar-refractivity contribution is 6.09. The van der Waals surface area contributed by atoms with Gasteiger partial charge in [0.25, 0.3) is 0 Å². The van der Waals surface area contributed by atoms with Gasteiger partial charge in [-0.15, -0.1) is 0 Å². The third kappa shape index (κ3) is 3.83. The molecule has 0 amide bonds. The second-order valence-corrected chi connectivity index (χ2v) is 6.95. The van der Waals surface area contributed by atoms with Crippen LogP contribution in [0.15, 0.2) is 42.7 Å². The van der Waals surface area contributed by atoms with Crippen molar-refractivity contribution in [1.29, 1.82) is 0 Å². The van der Waals surface area contributed by atoms with Crippen molar-refractivity contribution in [1.82, 2.24) is 9.97 Å². The second kappa shape index (κ2) is 8.27. The second-order valence-electron chi connectivity index (χ2n) is 6.95. The highest BCUT2D eigenvalue weighted by Crippen LogP contribution is 2.33. The van der Waals surface area contributed by atoms with E-state index in [-0.39, 0.29) is 11.7 Å². The third-order valence-electron chi connectivity index (χ3n) is 4.64. The van der Waals surface area contributed by atoms with Crippen LogP contribution in [0.2, 0.25) is 0 Å². The van der Waals surface area contributed by atoms with Gasteiger partial charge >= 0.3 is 0 Å². The van der Waals surface area contributed by atoms with Gasteiger partial charge in [0.15, 0.2) is 5.78 Å². The molecule has 0 aliphatic heterocycles. The largest absolute Gasteiger partial charge is 0.354 e. The Morgan fingerprint density at radius 3 is 2.67 bits per heavy atom. The molecule has 3 rings (SSSR count). The lowest BCUT2D eigenvalue weighted by molar-refractivity contribution is 0.0982. The first-order valence-corrected chi connectivity index (χ1v) is 9.42. The maximum atomic E-state index is 12.8. The number of rotatable bonds is 7. The number of hydrogen-bond donors (Lipinski definition) is 2. The van der Waals surface area contributed by atoms with E-state index in [9.17, 15) is 4.79 Å². The van der Waals surface area contributed by atoms with Crippen LogP contribution in [0.25, 0.3) is 10.9 Å². The molecule has 3 aromatic rings. The molecule has 0 radical (unpaired) electrons. The highest BCUT2D eigenvalue weighted by Gasteiger charge is 2.18. The maximum absolute atomic E-state index is 12.8. The van der Waals surface area contributed by atoms with E-state index in [4.69, 9.17) is 5.73 Å². The number of carbonyl (C=O) groups is 1. The van der Waals surface area contributed by atoms with E-state index in [1.165, 1.54) is 0 Å². The predicted octanol–water partition coefficient (Wildman–Crippen LogP) is 4.94. The first-order chi connectivity index (χ1) is 13.1. The zero-order valence-electron chi connectivity index (χ0n) is 16.1. The van der Waals surface area contributed by atoms with E-state index in [2.05, 4.69) is 29.1 Å². The molecule has 0 fully saturated rings. The Labute approximate surface area is 160 Å². The van der Waals surface area contributed by atoms with E-state index >= 15 is 0 Å². The Morgan fingerprint density at radius 1 is 1.19 bits per heavy atom. The number of fused-ring (bicyclic) bond motifs is 1. The molecule has 2 aromatic heterocycles. The van der Waals surface area contributed by atoms with Crippen LogP contribution in [0, 0.1) is 0 Å². The number of aromatic nitrogens is 2. The Balaban J connectivity index is 2.23. The number of hydrogen-bond acceptors (Lipinski definition) is 5. The SMILES string of the molecule is CCCC(=O)c1cnc2c(C(C)C)nccc2c1Nc1ccccc1CN. The van der Waals surface area contributed by atoms with Crippen LogP contribution in [0.3, 0.4) is 0 Å². The number of pyridine rings is 2. The number of ketones is 1. The number of Topliss-reactive ketones (excluding diaryl/α,β-unsaturated/α-hetero) is 1. The molecule has 0 atom stereocenters. The van der Waals surface area contributed by atoms with Crippen LogP contribution in [0.5, 0.6) is 0 Å². The smallest absolute Gasteiger partial charge is 0.166 e. The van der Waals surface area contributed by atoms with Gasteiger partial charge in [-0.05, 0) is 30.0 Å². The van der Waals surface area contributed by atoms with Crippen molar-refractivity contribution in [3.63, 3.8) is 0 Å². The zero-order valence-corrected chi connectivity index (χ0v) is 16.1. The van der Waals surface area contributed by atoms with Crippen molar-refractivity contribution in [3.8, 4) is 0 Å². The molecule has 1 aromatic carbocycles. The topological polar surface area (TPSA) is 80.9 Å². The van der Waals surface area contributed by atoms with Crippen molar-refractivity contribution >= 4 is 28.1 Å². The summed E-state index contributed by atoms with van der Waals surface area (Å²) in [6.45, 7) is 6.61. The van der Waals surface area contributed by atoms with Gasteiger partial charge in [0.2, 0.25) is 0 Å². The monoisotopic (exact) mass is 362 g/mol. The lowest BCUT2D eigenvalue weighted by Gasteiger charge is -2.18. The molecule has 5 nitrogen and oxygen atoms in total. The first kappa shape index (κ1) is 19.0. The summed E-state index contributed by atoms with van der Waals surface area (Å²) in [6.07, 6.45) is 4.75. The van der Waals surface area contributed by atoms with Gasteiger partial charge in [-0.1, -0.05) is 39.0 Å². The fourth-order valence-electron chi connectivity index (χ4n) is 3.23. The fraction of sp³-hybridized carbons (Fsp3) is 0.318. The standard InChI is InChI=1S/C22H26N4O/c1-4-7-19(27)17-13-25-22-16(10-11-24-20(22)14(2)3)21(17)26-18-9-6-5-8-15(18)12-23/h5-6,8-11,13-14H,4,7,12,23H2,1-3H3,(H,25,26). The number of anilines is 2. The van der Waals surface area contributed by atoms with Gasteiger partial charge in [0.1, 0.15) is 0 Å². The van der Waals surface area contributed by atoms with Crippen LogP contribution >= 0.6 is 0 Å². The van der Waals surface area contributed by atoms with Crippen molar-refractivity contribution in [2.24, 2.45) is 5.73 Å². The molecule has 0 aliphatic carbocycles. The van der Waals surface area contributed by atoms with Gasteiger partial charge in [0, 0.05) is 36.4 Å². The Hall–Kier alpha value is -2.79. The Morgan fingerprint density at radius 2 is 1.96 bits per heavy atom. The average molecular weight is 362 g/mol. The number of nitrogens with zero attached hydrogens (tertiary/aromatic N) is 2. The number of para-hydroxylation sites is 1. The Bertz CT molecular complexity index is 966. The minimum atomic E-state index is 0.0857. The van der Waals surface area contributed by atoms with Gasteiger partial charge in [0.05, 0.1) is 22.5 Å². The van der Waals surface area contributed by atoms with Crippen LogP contribution in [-0.2, 0) is 6.54 Å². The van der Waals surface area contributed by atoms with E-state index < -0.39 is 0 Å². The van der Waals surface area contributed by atoms with Crippen LogP contribution in [-0.4, -0.2) is 15.8 Å². The van der Waals surface area contributed by atoms with E-state index in [0.717, 1.165) is 40.0 Å². The summed E-state index contributed by atoms with van der Waals surface area (Å²) >= 11 is 0. The average Bonchev–Trinajstić information content (AvgIpc) is 2.68. The molecule has 0 saturated carbocycles. The lowest BCUT2D eigenvalue weighted by Crippen LogP contribution is -2.09. The molecule has 0 saturated heterocycles. The van der Waals surface area contributed by atoms with E-state index in [1.54, 1.807) is 12.4 Å². The minimum absolute atomic E-state index is 0.0857. The molecule has 3 N–H and O–H groups in total.